The van der Waals surface area contributed by atoms with Gasteiger partial charge in [0, 0.05) is 23.3 Å². The molecule has 0 bridgehead atoms. The number of rotatable bonds is 5. The second kappa shape index (κ2) is 6.63. The van der Waals surface area contributed by atoms with Crippen molar-refractivity contribution in [2.45, 2.75) is 13.2 Å². The Kier molecular flexibility index (Phi) is 4.87. The third-order valence-electron chi connectivity index (χ3n) is 2.49. The lowest BCUT2D eigenvalue weighted by Gasteiger charge is -2.08. The maximum absolute atomic E-state index is 13.4. The van der Waals surface area contributed by atoms with Crippen LogP contribution in [0.3, 0.4) is 0 Å². The lowest BCUT2D eigenvalue weighted by Crippen LogP contribution is -2.06. The quantitative estimate of drug-likeness (QED) is 0.916. The minimum atomic E-state index is -0.300. The number of nitrogens with one attached hydrogen (secondary N) is 1. The zero-order valence-electron chi connectivity index (χ0n) is 10.5. The van der Waals surface area contributed by atoms with Crippen LogP contribution in [0.4, 0.5) is 4.39 Å². The molecule has 0 aliphatic heterocycles. The summed E-state index contributed by atoms with van der Waals surface area (Å²) >= 11 is 3.32. The van der Waals surface area contributed by atoms with E-state index in [9.17, 15) is 4.39 Å². The van der Waals surface area contributed by atoms with Gasteiger partial charge in [0.25, 0.3) is 0 Å². The fourth-order valence-electron chi connectivity index (χ4n) is 1.66. The Labute approximate surface area is 119 Å². The highest BCUT2D eigenvalue weighted by Gasteiger charge is 2.03. The molecule has 5 heteroatoms. The molecule has 3 nitrogen and oxygen atoms in total. The van der Waals surface area contributed by atoms with Crippen LogP contribution >= 0.6 is 15.9 Å². The van der Waals surface area contributed by atoms with Gasteiger partial charge in [-0.3, -0.25) is 4.98 Å². The maximum Gasteiger partial charge on any atom is 0.130 e. The van der Waals surface area contributed by atoms with E-state index < -0.39 is 0 Å². The summed E-state index contributed by atoms with van der Waals surface area (Å²) in [5, 5.41) is 2.98. The van der Waals surface area contributed by atoms with Gasteiger partial charge in [0.1, 0.15) is 18.2 Å². The highest BCUT2D eigenvalue weighted by Crippen LogP contribution is 2.18. The zero-order chi connectivity index (χ0) is 13.7. The van der Waals surface area contributed by atoms with E-state index in [0.29, 0.717) is 18.9 Å². The van der Waals surface area contributed by atoms with Crippen molar-refractivity contribution in [3.05, 3.63) is 58.1 Å². The van der Waals surface area contributed by atoms with Gasteiger partial charge >= 0.3 is 0 Å². The van der Waals surface area contributed by atoms with E-state index in [1.807, 2.05) is 25.2 Å². The average Bonchev–Trinajstić information content (AvgIpc) is 2.38. The summed E-state index contributed by atoms with van der Waals surface area (Å²) in [6, 6.07) is 8.43. The topological polar surface area (TPSA) is 34.1 Å². The first-order chi connectivity index (χ1) is 9.17. The summed E-state index contributed by atoms with van der Waals surface area (Å²) in [4.78, 5) is 4.20. The summed E-state index contributed by atoms with van der Waals surface area (Å²) in [7, 11) is 1.82. The van der Waals surface area contributed by atoms with Gasteiger partial charge in [-0.2, -0.15) is 0 Å². The molecule has 0 unspecified atom stereocenters. The predicted octanol–water partition coefficient (Wildman–Crippen LogP) is 3.28. The number of ether oxygens (including phenoxy) is 1. The van der Waals surface area contributed by atoms with Gasteiger partial charge in [-0.05, 0) is 52.8 Å². The average molecular weight is 325 g/mol. The van der Waals surface area contributed by atoms with Crippen molar-refractivity contribution in [3.63, 3.8) is 0 Å². The van der Waals surface area contributed by atoms with Gasteiger partial charge in [0.2, 0.25) is 0 Å². The summed E-state index contributed by atoms with van der Waals surface area (Å²) in [5.74, 6) is 0.210. The molecule has 0 radical (unpaired) electrons. The van der Waals surface area contributed by atoms with Crippen molar-refractivity contribution in [1.29, 1.82) is 0 Å². The van der Waals surface area contributed by atoms with Gasteiger partial charge in [0.15, 0.2) is 0 Å². The van der Waals surface area contributed by atoms with E-state index in [0.717, 1.165) is 15.7 Å². The van der Waals surface area contributed by atoms with Crippen molar-refractivity contribution >= 4 is 15.9 Å². The SMILES string of the molecule is CNCc1cc(F)cc(OCc2ccc(Br)cn2)c1. The second-order valence-corrected chi connectivity index (χ2v) is 5.00. The van der Waals surface area contributed by atoms with Crippen molar-refractivity contribution in [2.75, 3.05) is 7.05 Å². The highest BCUT2D eigenvalue weighted by molar-refractivity contribution is 9.10. The van der Waals surface area contributed by atoms with Crippen LogP contribution in [0, 0.1) is 5.82 Å². The molecule has 0 saturated carbocycles. The Bertz CT molecular complexity index is 546. The number of nitrogens with zero attached hydrogens (tertiary/aromatic N) is 1. The van der Waals surface area contributed by atoms with Crippen LogP contribution in [0.1, 0.15) is 11.3 Å². The fourth-order valence-corrected chi connectivity index (χ4v) is 1.89. The van der Waals surface area contributed by atoms with Crippen LogP contribution in [0.2, 0.25) is 0 Å². The first kappa shape index (κ1) is 14.0. The molecule has 0 amide bonds. The summed E-state index contributed by atoms with van der Waals surface area (Å²) < 4.78 is 19.9. The number of halogens is 2. The molecule has 0 fully saturated rings. The second-order valence-electron chi connectivity index (χ2n) is 4.08. The number of pyridine rings is 1. The molecular formula is C14H14BrFN2O. The molecule has 2 rings (SSSR count). The Hall–Kier alpha value is -1.46. The molecule has 19 heavy (non-hydrogen) atoms. The third kappa shape index (κ3) is 4.29. The Morgan fingerprint density at radius 3 is 2.84 bits per heavy atom. The predicted molar refractivity (Wildman–Crippen MR) is 75.4 cm³/mol. The van der Waals surface area contributed by atoms with Crippen LogP contribution in [0.5, 0.6) is 5.75 Å². The Morgan fingerprint density at radius 1 is 1.32 bits per heavy atom. The van der Waals surface area contributed by atoms with E-state index >= 15 is 0 Å². The molecule has 2 aromatic rings. The van der Waals surface area contributed by atoms with E-state index in [1.54, 1.807) is 6.20 Å². The monoisotopic (exact) mass is 324 g/mol. The first-order valence-electron chi connectivity index (χ1n) is 5.84. The number of aromatic nitrogens is 1. The van der Waals surface area contributed by atoms with Crippen LogP contribution in [0.25, 0.3) is 0 Å². The molecule has 100 valence electrons. The lowest BCUT2D eigenvalue weighted by molar-refractivity contribution is 0.299. The Morgan fingerprint density at radius 2 is 2.16 bits per heavy atom. The molecule has 0 spiro atoms. The van der Waals surface area contributed by atoms with E-state index in [4.69, 9.17) is 4.74 Å². The molecule has 0 saturated heterocycles. The minimum Gasteiger partial charge on any atom is -0.487 e. The van der Waals surface area contributed by atoms with Gasteiger partial charge in [-0.25, -0.2) is 4.39 Å². The van der Waals surface area contributed by atoms with Crippen LogP contribution in [0.15, 0.2) is 41.0 Å². The van der Waals surface area contributed by atoms with E-state index in [2.05, 4.69) is 26.2 Å². The number of hydrogen-bond donors (Lipinski definition) is 1. The largest absolute Gasteiger partial charge is 0.487 e. The van der Waals surface area contributed by atoms with Gasteiger partial charge in [-0.15, -0.1) is 0 Å². The molecule has 0 aliphatic carbocycles. The molecule has 1 N–H and O–H groups in total. The van der Waals surface area contributed by atoms with Crippen LogP contribution < -0.4 is 10.1 Å². The molecule has 1 aromatic heterocycles. The molecular weight excluding hydrogens is 311 g/mol. The normalized spacial score (nSPS) is 10.5. The standard InChI is InChI=1S/C14H14BrFN2O/c1-17-7-10-4-12(16)6-14(5-10)19-9-13-3-2-11(15)8-18-13/h2-6,8,17H,7,9H2,1H3. The van der Waals surface area contributed by atoms with E-state index in [-0.39, 0.29) is 5.82 Å². The molecule has 0 aliphatic rings. The minimum absolute atomic E-state index is 0.300. The summed E-state index contributed by atoms with van der Waals surface area (Å²) in [6.45, 7) is 0.917. The summed E-state index contributed by atoms with van der Waals surface area (Å²) in [6.07, 6.45) is 1.71. The van der Waals surface area contributed by atoms with E-state index in [1.165, 1.54) is 12.1 Å². The molecule has 1 aromatic carbocycles. The lowest BCUT2D eigenvalue weighted by atomic mass is 10.2. The van der Waals surface area contributed by atoms with Gasteiger partial charge < -0.3 is 10.1 Å². The number of hydrogen-bond acceptors (Lipinski definition) is 3. The van der Waals surface area contributed by atoms with Crippen LogP contribution in [-0.4, -0.2) is 12.0 Å². The smallest absolute Gasteiger partial charge is 0.130 e. The van der Waals surface area contributed by atoms with Crippen LogP contribution in [-0.2, 0) is 13.2 Å². The molecule has 1 heterocycles. The fraction of sp³-hybridized carbons (Fsp3) is 0.214. The maximum atomic E-state index is 13.4. The molecule has 0 atom stereocenters. The first-order valence-corrected chi connectivity index (χ1v) is 6.64. The third-order valence-corrected chi connectivity index (χ3v) is 2.96. The van der Waals surface area contributed by atoms with Gasteiger partial charge in [0.05, 0.1) is 5.69 Å². The zero-order valence-corrected chi connectivity index (χ0v) is 12.1. The van der Waals surface area contributed by atoms with Crippen molar-refractivity contribution in [2.24, 2.45) is 0 Å². The number of benzene rings is 1. The van der Waals surface area contributed by atoms with Gasteiger partial charge in [-0.1, -0.05) is 0 Å². The Balaban J connectivity index is 2.04. The highest BCUT2D eigenvalue weighted by atomic mass is 79.9. The van der Waals surface area contributed by atoms with Crippen molar-refractivity contribution in [1.82, 2.24) is 10.3 Å². The summed E-state index contributed by atoms with van der Waals surface area (Å²) in [5.41, 5.74) is 1.64. The van der Waals surface area contributed by atoms with Crippen molar-refractivity contribution in [3.8, 4) is 5.75 Å². The van der Waals surface area contributed by atoms with Crippen molar-refractivity contribution < 1.29 is 9.13 Å².